The van der Waals surface area contributed by atoms with E-state index >= 15 is 0 Å². The standard InChI is InChI=1S/C17H18ClN3O3/c18-15-14(4-5-19-16(15)21-6-8-24-9-7-21)13-3-1-2-12(10-13)11-20-17(22)23/h1-5,10,20H,6-9,11H2,(H,22,23). The molecule has 0 saturated carbocycles. The minimum Gasteiger partial charge on any atom is -0.465 e. The summed E-state index contributed by atoms with van der Waals surface area (Å²) < 4.78 is 5.37. The molecule has 0 unspecified atom stereocenters. The largest absolute Gasteiger partial charge is 0.465 e. The lowest BCUT2D eigenvalue weighted by Crippen LogP contribution is -2.37. The molecule has 1 fully saturated rings. The van der Waals surface area contributed by atoms with Crippen LogP contribution in [-0.4, -0.2) is 42.5 Å². The number of anilines is 1. The van der Waals surface area contributed by atoms with Crippen molar-refractivity contribution in [3.8, 4) is 11.1 Å². The number of nitrogens with zero attached hydrogens (tertiary/aromatic N) is 2. The fourth-order valence-corrected chi connectivity index (χ4v) is 3.02. The monoisotopic (exact) mass is 347 g/mol. The number of hydrogen-bond donors (Lipinski definition) is 2. The fourth-order valence-electron chi connectivity index (χ4n) is 2.68. The van der Waals surface area contributed by atoms with Crippen LogP contribution in [0.25, 0.3) is 11.1 Å². The van der Waals surface area contributed by atoms with Crippen LogP contribution < -0.4 is 10.2 Å². The van der Waals surface area contributed by atoms with E-state index in [1.807, 2.05) is 30.3 Å². The van der Waals surface area contributed by atoms with Crippen molar-refractivity contribution in [1.82, 2.24) is 10.3 Å². The third kappa shape index (κ3) is 3.77. The van der Waals surface area contributed by atoms with Gasteiger partial charge in [0.1, 0.15) is 5.82 Å². The van der Waals surface area contributed by atoms with Crippen LogP contribution in [0.5, 0.6) is 0 Å². The maximum Gasteiger partial charge on any atom is 0.404 e. The van der Waals surface area contributed by atoms with Gasteiger partial charge < -0.3 is 20.1 Å². The first kappa shape index (κ1) is 16.5. The molecule has 1 amide bonds. The van der Waals surface area contributed by atoms with Gasteiger partial charge in [-0.25, -0.2) is 9.78 Å². The predicted octanol–water partition coefficient (Wildman–Crippen LogP) is 3.01. The van der Waals surface area contributed by atoms with Crippen LogP contribution in [0.1, 0.15) is 5.56 Å². The molecule has 2 aromatic rings. The van der Waals surface area contributed by atoms with Crippen molar-refractivity contribution in [2.75, 3.05) is 31.2 Å². The van der Waals surface area contributed by atoms with E-state index < -0.39 is 6.09 Å². The Morgan fingerprint density at radius 3 is 2.88 bits per heavy atom. The Balaban J connectivity index is 1.89. The highest BCUT2D eigenvalue weighted by Gasteiger charge is 2.18. The van der Waals surface area contributed by atoms with Crippen molar-refractivity contribution < 1.29 is 14.6 Å². The van der Waals surface area contributed by atoms with Crippen molar-refractivity contribution >= 4 is 23.5 Å². The third-order valence-electron chi connectivity index (χ3n) is 3.86. The van der Waals surface area contributed by atoms with Crippen molar-refractivity contribution in [2.24, 2.45) is 0 Å². The molecule has 2 N–H and O–H groups in total. The lowest BCUT2D eigenvalue weighted by molar-refractivity contribution is 0.122. The molecule has 3 rings (SSSR count). The Hall–Kier alpha value is -2.31. The van der Waals surface area contributed by atoms with Gasteiger partial charge in [-0.3, -0.25) is 0 Å². The number of nitrogens with one attached hydrogen (secondary N) is 1. The second-order valence-corrected chi connectivity index (χ2v) is 5.83. The van der Waals surface area contributed by atoms with Crippen molar-refractivity contribution in [3.05, 3.63) is 47.1 Å². The fraction of sp³-hybridized carbons (Fsp3) is 0.294. The SMILES string of the molecule is O=C(O)NCc1cccc(-c2ccnc(N3CCOCC3)c2Cl)c1. The van der Waals surface area contributed by atoms with Crippen LogP contribution in [0.3, 0.4) is 0 Å². The third-order valence-corrected chi connectivity index (χ3v) is 4.24. The number of rotatable bonds is 4. The Morgan fingerprint density at radius 1 is 1.33 bits per heavy atom. The molecule has 1 aromatic heterocycles. The first-order chi connectivity index (χ1) is 11.6. The summed E-state index contributed by atoms with van der Waals surface area (Å²) in [5.74, 6) is 0.756. The number of carbonyl (C=O) groups is 1. The predicted molar refractivity (Wildman–Crippen MR) is 92.6 cm³/mol. The molecule has 2 heterocycles. The van der Waals surface area contributed by atoms with Gasteiger partial charge in [-0.1, -0.05) is 29.8 Å². The van der Waals surface area contributed by atoms with Crippen molar-refractivity contribution in [1.29, 1.82) is 0 Å². The lowest BCUT2D eigenvalue weighted by atomic mass is 10.0. The number of ether oxygens (including phenoxy) is 1. The molecular weight excluding hydrogens is 330 g/mol. The van der Waals surface area contributed by atoms with E-state index in [1.54, 1.807) is 6.20 Å². The minimum absolute atomic E-state index is 0.252. The van der Waals surface area contributed by atoms with E-state index in [0.717, 1.165) is 35.6 Å². The number of benzene rings is 1. The average molecular weight is 348 g/mol. The maximum atomic E-state index is 10.6. The van der Waals surface area contributed by atoms with Crippen LogP contribution in [0.4, 0.5) is 10.6 Å². The van der Waals surface area contributed by atoms with E-state index in [9.17, 15) is 4.79 Å². The number of halogens is 1. The molecule has 0 radical (unpaired) electrons. The molecule has 0 atom stereocenters. The number of hydrogen-bond acceptors (Lipinski definition) is 4. The molecule has 24 heavy (non-hydrogen) atoms. The summed E-state index contributed by atoms with van der Waals surface area (Å²) in [5, 5.41) is 11.7. The highest BCUT2D eigenvalue weighted by atomic mass is 35.5. The van der Waals surface area contributed by atoms with E-state index in [4.69, 9.17) is 21.4 Å². The smallest absolute Gasteiger partial charge is 0.404 e. The lowest BCUT2D eigenvalue weighted by Gasteiger charge is -2.29. The molecule has 7 heteroatoms. The Bertz CT molecular complexity index is 733. The molecule has 126 valence electrons. The molecule has 6 nitrogen and oxygen atoms in total. The first-order valence-corrected chi connectivity index (χ1v) is 8.06. The van der Waals surface area contributed by atoms with Crippen molar-refractivity contribution in [3.63, 3.8) is 0 Å². The Kier molecular flexibility index (Phi) is 5.17. The van der Waals surface area contributed by atoms with Gasteiger partial charge in [0.05, 0.1) is 18.2 Å². The molecule has 1 aliphatic rings. The zero-order chi connectivity index (χ0) is 16.9. The van der Waals surface area contributed by atoms with E-state index in [1.165, 1.54) is 0 Å². The van der Waals surface area contributed by atoms with Crippen LogP contribution in [0.2, 0.25) is 5.02 Å². The summed E-state index contributed by atoms with van der Waals surface area (Å²) in [6.45, 7) is 3.11. The average Bonchev–Trinajstić information content (AvgIpc) is 2.61. The Morgan fingerprint density at radius 2 is 2.12 bits per heavy atom. The number of aromatic nitrogens is 1. The first-order valence-electron chi connectivity index (χ1n) is 7.68. The minimum atomic E-state index is -1.04. The van der Waals surface area contributed by atoms with E-state index in [0.29, 0.717) is 18.2 Å². The highest BCUT2D eigenvalue weighted by Crippen LogP contribution is 2.34. The topological polar surface area (TPSA) is 74.7 Å². The van der Waals surface area contributed by atoms with Crippen LogP contribution >= 0.6 is 11.6 Å². The van der Waals surface area contributed by atoms with Crippen LogP contribution in [0.15, 0.2) is 36.5 Å². The zero-order valence-electron chi connectivity index (χ0n) is 13.0. The number of pyridine rings is 1. The van der Waals surface area contributed by atoms with Crippen molar-refractivity contribution in [2.45, 2.75) is 6.54 Å². The summed E-state index contributed by atoms with van der Waals surface area (Å²) in [5.41, 5.74) is 2.68. The number of carboxylic acid groups (broad SMARTS) is 1. The van der Waals surface area contributed by atoms with E-state index in [-0.39, 0.29) is 6.54 Å². The zero-order valence-corrected chi connectivity index (χ0v) is 13.8. The quantitative estimate of drug-likeness (QED) is 0.889. The summed E-state index contributed by atoms with van der Waals surface area (Å²) in [6, 6.07) is 9.52. The summed E-state index contributed by atoms with van der Waals surface area (Å²) in [7, 11) is 0. The molecule has 1 aliphatic heterocycles. The molecule has 0 spiro atoms. The number of amides is 1. The van der Waals surface area contributed by atoms with Gasteiger partial charge in [-0.2, -0.15) is 0 Å². The molecule has 0 aliphatic carbocycles. The second-order valence-electron chi connectivity index (χ2n) is 5.45. The van der Waals surface area contributed by atoms with Crippen LogP contribution in [-0.2, 0) is 11.3 Å². The van der Waals surface area contributed by atoms with E-state index in [2.05, 4.69) is 15.2 Å². The van der Waals surface area contributed by atoms with Gasteiger partial charge in [0.2, 0.25) is 0 Å². The highest BCUT2D eigenvalue weighted by molar-refractivity contribution is 6.35. The van der Waals surface area contributed by atoms with Gasteiger partial charge in [-0.15, -0.1) is 0 Å². The summed E-state index contributed by atoms with van der Waals surface area (Å²) >= 11 is 6.60. The molecule has 1 aromatic carbocycles. The molecule has 0 bridgehead atoms. The normalized spacial score (nSPS) is 14.5. The Labute approximate surface area is 145 Å². The summed E-state index contributed by atoms with van der Waals surface area (Å²) in [4.78, 5) is 17.2. The van der Waals surface area contributed by atoms with Gasteiger partial charge in [0.15, 0.2) is 0 Å². The molecular formula is C17H18ClN3O3. The van der Waals surface area contributed by atoms with Crippen LogP contribution in [0, 0.1) is 0 Å². The van der Waals surface area contributed by atoms with Gasteiger partial charge in [0, 0.05) is 31.4 Å². The summed E-state index contributed by atoms with van der Waals surface area (Å²) in [6.07, 6.45) is 0.700. The number of morpholine rings is 1. The van der Waals surface area contributed by atoms with Gasteiger partial charge in [-0.05, 0) is 23.3 Å². The molecule has 1 saturated heterocycles. The van der Waals surface area contributed by atoms with Gasteiger partial charge >= 0.3 is 6.09 Å². The maximum absolute atomic E-state index is 10.6. The second kappa shape index (κ2) is 7.51. The van der Waals surface area contributed by atoms with Gasteiger partial charge in [0.25, 0.3) is 0 Å².